The number of fused-ring (bicyclic) bond motifs is 3. The van der Waals surface area contributed by atoms with Gasteiger partial charge in [-0.05, 0) is 74.3 Å². The van der Waals surface area contributed by atoms with E-state index in [1.165, 1.54) is 0 Å². The van der Waals surface area contributed by atoms with Crippen molar-refractivity contribution in [2.24, 2.45) is 0 Å². The Morgan fingerprint density at radius 2 is 1.73 bits per heavy atom. The van der Waals surface area contributed by atoms with Crippen LogP contribution in [0.15, 0.2) is 48.5 Å². The molecule has 0 bridgehead atoms. The summed E-state index contributed by atoms with van der Waals surface area (Å²) in [4.78, 5) is 57.7. The molecule has 1 aromatic heterocycles. The molecule has 4 N–H and O–H groups in total. The molecular weight excluding hydrogens is 576 g/mol. The maximum Gasteiger partial charge on any atom is 0.333 e. The van der Waals surface area contributed by atoms with Crippen LogP contribution in [0.4, 0.5) is 0 Å². The molecule has 0 spiro atoms. The number of ether oxygens (including phenoxy) is 2. The van der Waals surface area contributed by atoms with E-state index in [0.29, 0.717) is 42.8 Å². The van der Waals surface area contributed by atoms with Crippen molar-refractivity contribution in [1.82, 2.24) is 20.7 Å². The van der Waals surface area contributed by atoms with Crippen LogP contribution in [0.5, 0.6) is 5.75 Å². The molecule has 5 rings (SSSR count). The molecular formula is C34H42N4O7. The number of benzene rings is 2. The summed E-state index contributed by atoms with van der Waals surface area (Å²) < 4.78 is 11.3. The van der Waals surface area contributed by atoms with Crippen LogP contribution in [0.25, 0.3) is 10.9 Å². The van der Waals surface area contributed by atoms with E-state index < -0.39 is 29.9 Å². The minimum absolute atomic E-state index is 0.157. The van der Waals surface area contributed by atoms with Crippen molar-refractivity contribution < 1.29 is 33.9 Å². The fraction of sp³-hybridized carbons (Fsp3) is 0.471. The molecule has 2 aliphatic rings. The number of carbonyl (C=O) groups excluding carboxylic acids is 4. The molecule has 11 nitrogen and oxygen atoms in total. The van der Waals surface area contributed by atoms with Gasteiger partial charge in [0.2, 0.25) is 17.7 Å². The van der Waals surface area contributed by atoms with Gasteiger partial charge in [-0.2, -0.15) is 0 Å². The summed E-state index contributed by atoms with van der Waals surface area (Å²) in [6, 6.07) is 12.7. The maximum absolute atomic E-state index is 14.3. The van der Waals surface area contributed by atoms with E-state index in [4.69, 9.17) is 14.7 Å². The van der Waals surface area contributed by atoms with Crippen molar-refractivity contribution in [1.29, 1.82) is 0 Å². The summed E-state index contributed by atoms with van der Waals surface area (Å²) in [6.07, 6.45) is 7.15. The minimum atomic E-state index is -1.03. The fourth-order valence-corrected chi connectivity index (χ4v) is 6.43. The largest absolute Gasteiger partial charge is 0.497 e. The summed E-state index contributed by atoms with van der Waals surface area (Å²) in [5.41, 5.74) is 4.64. The molecule has 1 unspecified atom stereocenters. The Hall–Kier alpha value is -4.38. The van der Waals surface area contributed by atoms with Crippen molar-refractivity contribution in [3.8, 4) is 5.75 Å². The van der Waals surface area contributed by atoms with Gasteiger partial charge >= 0.3 is 5.97 Å². The number of H-pyrrole nitrogens is 1. The average Bonchev–Trinajstić information content (AvgIpc) is 3.71. The van der Waals surface area contributed by atoms with E-state index >= 15 is 0 Å². The molecule has 3 aromatic rings. The lowest BCUT2D eigenvalue weighted by Crippen LogP contribution is -2.49. The first kappa shape index (κ1) is 32.0. The summed E-state index contributed by atoms with van der Waals surface area (Å²) in [6.45, 7) is 0.341. The lowest BCUT2D eigenvalue weighted by Gasteiger charge is -2.36. The van der Waals surface area contributed by atoms with Crippen LogP contribution in [-0.4, -0.2) is 58.5 Å². The highest BCUT2D eigenvalue weighted by Crippen LogP contribution is 2.37. The predicted octanol–water partition coefficient (Wildman–Crippen LogP) is 4.79. The molecule has 3 amide bonds. The Morgan fingerprint density at radius 1 is 1.00 bits per heavy atom. The number of unbranched alkanes of at least 4 members (excludes halogenated alkanes) is 3. The molecule has 11 heteroatoms. The van der Waals surface area contributed by atoms with Crippen LogP contribution >= 0.6 is 0 Å². The van der Waals surface area contributed by atoms with Crippen molar-refractivity contribution in [3.05, 3.63) is 65.4 Å². The Morgan fingerprint density at radius 3 is 2.44 bits per heavy atom. The van der Waals surface area contributed by atoms with Gasteiger partial charge in [-0.15, -0.1) is 0 Å². The molecule has 2 heterocycles. The van der Waals surface area contributed by atoms with E-state index in [1.54, 1.807) is 29.6 Å². The number of amides is 3. The zero-order valence-corrected chi connectivity index (χ0v) is 25.7. The van der Waals surface area contributed by atoms with Crippen LogP contribution < -0.4 is 15.5 Å². The highest BCUT2D eigenvalue weighted by Gasteiger charge is 2.40. The third-order valence-corrected chi connectivity index (χ3v) is 8.81. The molecule has 1 aliphatic carbocycles. The van der Waals surface area contributed by atoms with Crippen LogP contribution in [0.2, 0.25) is 0 Å². The number of aromatic nitrogens is 1. The van der Waals surface area contributed by atoms with E-state index in [9.17, 15) is 19.2 Å². The van der Waals surface area contributed by atoms with Crippen molar-refractivity contribution in [3.63, 3.8) is 0 Å². The van der Waals surface area contributed by atoms with Crippen LogP contribution in [-0.2, 0) is 30.3 Å². The zero-order chi connectivity index (χ0) is 31.8. The number of aromatic amines is 1. The third kappa shape index (κ3) is 7.65. The lowest BCUT2D eigenvalue weighted by molar-refractivity contribution is -0.154. The second kappa shape index (κ2) is 15.1. The Kier molecular flexibility index (Phi) is 10.7. The molecule has 1 saturated carbocycles. The average molecular weight is 619 g/mol. The highest BCUT2D eigenvalue weighted by atomic mass is 16.5. The number of hydrogen-bond acceptors (Lipinski definition) is 7. The van der Waals surface area contributed by atoms with Gasteiger partial charge in [-0.3, -0.25) is 19.6 Å². The van der Waals surface area contributed by atoms with Crippen molar-refractivity contribution in [2.75, 3.05) is 13.7 Å². The van der Waals surface area contributed by atoms with Crippen LogP contribution in [0.3, 0.4) is 0 Å². The second-order valence-corrected chi connectivity index (χ2v) is 11.8. The summed E-state index contributed by atoms with van der Waals surface area (Å²) in [7, 11) is 1.60. The first-order valence-electron chi connectivity index (χ1n) is 15.9. The smallest absolute Gasteiger partial charge is 0.333 e. The first-order valence-corrected chi connectivity index (χ1v) is 15.9. The van der Waals surface area contributed by atoms with Crippen molar-refractivity contribution in [2.45, 2.75) is 88.8 Å². The Bertz CT molecular complexity index is 1500. The molecule has 1 fully saturated rings. The molecule has 240 valence electrons. The van der Waals surface area contributed by atoms with E-state index in [1.807, 2.05) is 36.4 Å². The van der Waals surface area contributed by atoms with Crippen LogP contribution in [0.1, 0.15) is 93.1 Å². The molecule has 2 aromatic carbocycles. The Labute approximate surface area is 262 Å². The van der Waals surface area contributed by atoms with Gasteiger partial charge < -0.3 is 24.7 Å². The Balaban J connectivity index is 1.39. The van der Waals surface area contributed by atoms with Crippen LogP contribution in [0, 0.1) is 0 Å². The van der Waals surface area contributed by atoms with Gasteiger partial charge in [0.1, 0.15) is 11.9 Å². The van der Waals surface area contributed by atoms with Gasteiger partial charge in [0.15, 0.2) is 12.1 Å². The topological polar surface area (TPSA) is 150 Å². The minimum Gasteiger partial charge on any atom is -0.497 e. The molecule has 2 atom stereocenters. The fourth-order valence-electron chi connectivity index (χ4n) is 6.43. The first-order chi connectivity index (χ1) is 21.9. The van der Waals surface area contributed by atoms with Gasteiger partial charge in [0, 0.05) is 30.3 Å². The zero-order valence-electron chi connectivity index (χ0n) is 25.7. The van der Waals surface area contributed by atoms with Gasteiger partial charge in [-0.1, -0.05) is 43.2 Å². The number of methoxy groups -OCH3 is 1. The maximum atomic E-state index is 14.3. The predicted molar refractivity (Wildman–Crippen MR) is 166 cm³/mol. The number of hydroxylamine groups is 1. The number of rotatable bonds is 13. The quantitative estimate of drug-likeness (QED) is 0.0931. The number of nitrogens with one attached hydrogen (secondary N) is 3. The molecule has 0 saturated heterocycles. The number of nitrogens with zero attached hydrogens (tertiary/aromatic N) is 1. The molecule has 0 radical (unpaired) electrons. The lowest BCUT2D eigenvalue weighted by atomic mass is 9.95. The standard InChI is InChI=1S/C34H42N4O7/c1-44-24-17-18-27-26(21-24)25-19-20-38(29(40)16-8-3-2-7-15-28(39)37-43)32(31(25)35-27)33(41)36-30(22-11-5-4-6-12-22)34(42)45-23-13-9-10-14-23/h4-6,11-12,17-18,21,23,30,32,35,43H,2-3,7-10,13-16,19-20H2,1H3,(H,36,41)(H,37,39)/t30-,32?/m0/s1. The summed E-state index contributed by atoms with van der Waals surface area (Å²) >= 11 is 0. The monoisotopic (exact) mass is 618 g/mol. The number of carbonyl (C=O) groups is 4. The van der Waals surface area contributed by atoms with Gasteiger partial charge in [0.05, 0.1) is 12.8 Å². The van der Waals surface area contributed by atoms with Crippen molar-refractivity contribution >= 4 is 34.6 Å². The summed E-state index contributed by atoms with van der Waals surface area (Å²) in [5, 5.41) is 12.6. The third-order valence-electron chi connectivity index (χ3n) is 8.81. The number of hydrogen-bond donors (Lipinski definition) is 4. The SMILES string of the molecule is COc1ccc2[nH]c3c(c2c1)CCN(C(=O)CCCCCCC(=O)NO)C3C(=O)N[C@H](C(=O)OC1CCCC1)c1ccccc1. The van der Waals surface area contributed by atoms with E-state index in [0.717, 1.165) is 55.0 Å². The highest BCUT2D eigenvalue weighted by molar-refractivity contribution is 5.95. The van der Waals surface area contributed by atoms with E-state index in [2.05, 4.69) is 10.3 Å². The van der Waals surface area contributed by atoms with Gasteiger partial charge in [-0.25, -0.2) is 10.3 Å². The molecule has 45 heavy (non-hydrogen) atoms. The summed E-state index contributed by atoms with van der Waals surface area (Å²) in [5.74, 6) is -0.864. The second-order valence-electron chi connectivity index (χ2n) is 11.8. The molecule has 1 aliphatic heterocycles. The van der Waals surface area contributed by atoms with E-state index in [-0.39, 0.29) is 24.9 Å². The number of esters is 1. The normalized spacial score (nSPS) is 17.0. The van der Waals surface area contributed by atoms with Gasteiger partial charge in [0.25, 0.3) is 0 Å².